The second-order valence-corrected chi connectivity index (χ2v) is 5.06. The summed E-state index contributed by atoms with van der Waals surface area (Å²) in [7, 11) is 0. The van der Waals surface area contributed by atoms with Gasteiger partial charge in [-0.3, -0.25) is 0 Å². The Morgan fingerprint density at radius 1 is 1.44 bits per heavy atom. The molecule has 0 fully saturated rings. The van der Waals surface area contributed by atoms with E-state index in [1.807, 2.05) is 0 Å². The van der Waals surface area contributed by atoms with E-state index in [0.29, 0.717) is 28.4 Å². The summed E-state index contributed by atoms with van der Waals surface area (Å²) in [4.78, 5) is 4.16. The summed E-state index contributed by atoms with van der Waals surface area (Å²) in [5, 5.41) is 3.26. The number of oxazole rings is 1. The molecule has 0 saturated carbocycles. The third-order valence-corrected chi connectivity index (χ3v) is 3.32. The Morgan fingerprint density at radius 3 is 2.94 bits per heavy atom. The van der Waals surface area contributed by atoms with Gasteiger partial charge in [-0.15, -0.1) is 0 Å². The zero-order chi connectivity index (χ0) is 13.1. The van der Waals surface area contributed by atoms with Gasteiger partial charge in [-0.1, -0.05) is 19.9 Å². The van der Waals surface area contributed by atoms with E-state index in [1.54, 1.807) is 12.1 Å². The molecule has 0 amide bonds. The van der Waals surface area contributed by atoms with Crippen molar-refractivity contribution >= 4 is 15.9 Å². The average Bonchev–Trinajstić information content (AvgIpc) is 2.78. The Bertz CT molecular complexity index is 540. The molecule has 0 saturated heterocycles. The summed E-state index contributed by atoms with van der Waals surface area (Å²) in [6.07, 6.45) is 1.38. The number of hydrogen-bond donors (Lipinski definition) is 1. The van der Waals surface area contributed by atoms with Crippen molar-refractivity contribution in [2.45, 2.75) is 26.4 Å². The van der Waals surface area contributed by atoms with Gasteiger partial charge in [0.25, 0.3) is 0 Å². The predicted molar refractivity (Wildman–Crippen MR) is 71.6 cm³/mol. The lowest BCUT2D eigenvalue weighted by atomic mass is 10.1. The van der Waals surface area contributed by atoms with Crippen molar-refractivity contribution in [3.63, 3.8) is 0 Å². The smallest absolute Gasteiger partial charge is 0.181 e. The van der Waals surface area contributed by atoms with Gasteiger partial charge in [0.2, 0.25) is 0 Å². The van der Waals surface area contributed by atoms with Crippen LogP contribution in [0.2, 0.25) is 0 Å². The van der Waals surface area contributed by atoms with E-state index in [0.717, 1.165) is 5.69 Å². The molecule has 1 aromatic heterocycles. The lowest BCUT2D eigenvalue weighted by Crippen LogP contribution is -2.22. The van der Waals surface area contributed by atoms with Crippen molar-refractivity contribution in [1.29, 1.82) is 0 Å². The third-order valence-electron chi connectivity index (χ3n) is 2.52. The molecule has 18 heavy (non-hydrogen) atoms. The highest BCUT2D eigenvalue weighted by atomic mass is 79.9. The maximum atomic E-state index is 13.5. The maximum absolute atomic E-state index is 13.5. The van der Waals surface area contributed by atoms with E-state index < -0.39 is 0 Å². The number of benzene rings is 1. The molecular formula is C13H14BrFN2O. The lowest BCUT2D eigenvalue weighted by Gasteiger charge is -2.08. The fourth-order valence-electron chi connectivity index (χ4n) is 1.59. The van der Waals surface area contributed by atoms with Crippen molar-refractivity contribution < 1.29 is 8.81 Å². The van der Waals surface area contributed by atoms with Crippen molar-refractivity contribution in [3.05, 3.63) is 40.6 Å². The fraction of sp³-hybridized carbons (Fsp3) is 0.308. The van der Waals surface area contributed by atoms with Gasteiger partial charge in [0.15, 0.2) is 12.2 Å². The Labute approximate surface area is 114 Å². The molecular weight excluding hydrogens is 299 g/mol. The largest absolute Gasteiger partial charge is 0.443 e. The van der Waals surface area contributed by atoms with E-state index in [1.165, 1.54) is 12.5 Å². The average molecular weight is 313 g/mol. The zero-order valence-electron chi connectivity index (χ0n) is 10.2. The third kappa shape index (κ3) is 2.79. The summed E-state index contributed by atoms with van der Waals surface area (Å²) >= 11 is 3.23. The van der Waals surface area contributed by atoms with Crippen LogP contribution >= 0.6 is 15.9 Å². The van der Waals surface area contributed by atoms with E-state index in [2.05, 4.69) is 40.1 Å². The second-order valence-electron chi connectivity index (χ2n) is 4.27. The summed E-state index contributed by atoms with van der Waals surface area (Å²) < 4.78 is 19.3. The van der Waals surface area contributed by atoms with Gasteiger partial charge < -0.3 is 9.73 Å². The first-order valence-electron chi connectivity index (χ1n) is 5.69. The van der Waals surface area contributed by atoms with E-state index in [4.69, 9.17) is 4.42 Å². The molecule has 0 atom stereocenters. The van der Waals surface area contributed by atoms with Gasteiger partial charge >= 0.3 is 0 Å². The summed E-state index contributed by atoms with van der Waals surface area (Å²) in [6, 6.07) is 5.20. The molecule has 0 aliphatic carbocycles. The van der Waals surface area contributed by atoms with Crippen LogP contribution in [-0.4, -0.2) is 11.0 Å². The molecule has 2 rings (SSSR count). The monoisotopic (exact) mass is 312 g/mol. The topological polar surface area (TPSA) is 38.1 Å². The molecule has 3 nitrogen and oxygen atoms in total. The quantitative estimate of drug-likeness (QED) is 0.934. The second kappa shape index (κ2) is 5.63. The zero-order valence-corrected chi connectivity index (χ0v) is 11.8. The SMILES string of the molecule is CC(C)NCc1ncoc1-c1cccc(F)c1Br. The molecule has 2 aromatic rings. The fourth-order valence-corrected chi connectivity index (χ4v) is 2.04. The van der Waals surface area contributed by atoms with Crippen LogP contribution in [0.15, 0.2) is 33.5 Å². The van der Waals surface area contributed by atoms with Gasteiger partial charge in [0, 0.05) is 18.2 Å². The minimum absolute atomic E-state index is 0.313. The first kappa shape index (κ1) is 13.2. The molecule has 0 aliphatic rings. The Hall–Kier alpha value is -1.20. The molecule has 0 radical (unpaired) electrons. The van der Waals surface area contributed by atoms with Crippen LogP contribution in [-0.2, 0) is 6.54 Å². The molecule has 5 heteroatoms. The molecule has 1 heterocycles. The summed E-state index contributed by atoms with van der Waals surface area (Å²) in [5.74, 6) is 0.279. The maximum Gasteiger partial charge on any atom is 0.181 e. The molecule has 1 N–H and O–H groups in total. The van der Waals surface area contributed by atoms with Crippen molar-refractivity contribution in [2.24, 2.45) is 0 Å². The van der Waals surface area contributed by atoms with Crippen molar-refractivity contribution in [1.82, 2.24) is 10.3 Å². The number of nitrogens with one attached hydrogen (secondary N) is 1. The highest BCUT2D eigenvalue weighted by Gasteiger charge is 2.15. The predicted octanol–water partition coefficient (Wildman–Crippen LogP) is 3.74. The van der Waals surface area contributed by atoms with Crippen molar-refractivity contribution in [3.8, 4) is 11.3 Å². The molecule has 1 aromatic carbocycles. The highest BCUT2D eigenvalue weighted by Crippen LogP contribution is 2.32. The van der Waals surface area contributed by atoms with E-state index >= 15 is 0 Å². The number of aromatic nitrogens is 1. The molecule has 96 valence electrons. The number of halogens is 2. The standard InChI is InChI=1S/C13H14BrFN2O/c1-8(2)16-6-11-13(18-7-17-11)9-4-3-5-10(15)12(9)14/h3-5,7-8,16H,6H2,1-2H3. The first-order chi connectivity index (χ1) is 8.59. The Morgan fingerprint density at radius 2 is 2.22 bits per heavy atom. The van der Waals surface area contributed by atoms with E-state index in [9.17, 15) is 4.39 Å². The van der Waals surface area contributed by atoms with Gasteiger partial charge in [0.05, 0.1) is 4.47 Å². The highest BCUT2D eigenvalue weighted by molar-refractivity contribution is 9.10. The van der Waals surface area contributed by atoms with Crippen molar-refractivity contribution in [2.75, 3.05) is 0 Å². The minimum Gasteiger partial charge on any atom is -0.443 e. The molecule has 0 bridgehead atoms. The van der Waals surface area contributed by atoms with Crippen LogP contribution in [0.25, 0.3) is 11.3 Å². The van der Waals surface area contributed by atoms with Crippen LogP contribution in [0.1, 0.15) is 19.5 Å². The number of hydrogen-bond acceptors (Lipinski definition) is 3. The summed E-state index contributed by atoms with van der Waals surface area (Å²) in [5.41, 5.74) is 1.45. The van der Waals surface area contributed by atoms with Crippen LogP contribution in [0.5, 0.6) is 0 Å². The van der Waals surface area contributed by atoms with Gasteiger partial charge in [0.1, 0.15) is 11.5 Å². The molecule has 0 spiro atoms. The minimum atomic E-state index is -0.313. The van der Waals surface area contributed by atoms with Crippen LogP contribution in [0, 0.1) is 5.82 Å². The normalized spacial score (nSPS) is 11.2. The lowest BCUT2D eigenvalue weighted by molar-refractivity contribution is 0.560. The van der Waals surface area contributed by atoms with Gasteiger partial charge in [-0.2, -0.15) is 0 Å². The van der Waals surface area contributed by atoms with Crippen LogP contribution in [0.3, 0.4) is 0 Å². The number of rotatable bonds is 4. The molecule has 0 unspecified atom stereocenters. The number of nitrogens with zero attached hydrogens (tertiary/aromatic N) is 1. The van der Waals surface area contributed by atoms with Gasteiger partial charge in [-0.25, -0.2) is 9.37 Å². The van der Waals surface area contributed by atoms with E-state index in [-0.39, 0.29) is 5.82 Å². The Balaban J connectivity index is 2.33. The summed E-state index contributed by atoms with van der Waals surface area (Å²) in [6.45, 7) is 4.70. The first-order valence-corrected chi connectivity index (χ1v) is 6.49. The molecule has 0 aliphatic heterocycles. The Kier molecular flexibility index (Phi) is 4.14. The van der Waals surface area contributed by atoms with Crippen LogP contribution < -0.4 is 5.32 Å². The van der Waals surface area contributed by atoms with Crippen LogP contribution in [0.4, 0.5) is 4.39 Å². The van der Waals surface area contributed by atoms with Gasteiger partial charge in [-0.05, 0) is 28.1 Å².